The Labute approximate surface area is 162 Å². The third-order valence-electron chi connectivity index (χ3n) is 5.76. The Hall–Kier alpha value is -1.22. The van der Waals surface area contributed by atoms with Crippen molar-refractivity contribution in [3.05, 3.63) is 18.3 Å². The molecule has 27 heavy (non-hydrogen) atoms. The van der Waals surface area contributed by atoms with Gasteiger partial charge in [-0.3, -0.25) is 0 Å². The van der Waals surface area contributed by atoms with Crippen molar-refractivity contribution in [2.45, 2.75) is 49.5 Å². The van der Waals surface area contributed by atoms with Crippen LogP contribution in [0.4, 0.5) is 5.82 Å². The molecule has 1 saturated heterocycles. The lowest BCUT2D eigenvalue weighted by molar-refractivity contribution is 0.0648. The van der Waals surface area contributed by atoms with Crippen molar-refractivity contribution >= 4 is 15.8 Å². The predicted octanol–water partition coefficient (Wildman–Crippen LogP) is 1.76. The molecule has 0 amide bonds. The van der Waals surface area contributed by atoms with E-state index in [1.54, 1.807) is 12.1 Å². The summed E-state index contributed by atoms with van der Waals surface area (Å²) in [6.07, 6.45) is 7.72. The van der Waals surface area contributed by atoms with Crippen LogP contribution >= 0.6 is 0 Å². The van der Waals surface area contributed by atoms with Gasteiger partial charge in [-0.2, -0.15) is 4.31 Å². The summed E-state index contributed by atoms with van der Waals surface area (Å²) in [5, 5.41) is 13.3. The highest BCUT2D eigenvalue weighted by molar-refractivity contribution is 7.89. The lowest BCUT2D eigenvalue weighted by Crippen LogP contribution is -2.47. The molecule has 0 spiro atoms. The number of nitrogens with one attached hydrogen (secondary N) is 1. The molecule has 2 aliphatic rings. The molecule has 3 rings (SSSR count). The molecule has 1 aliphatic heterocycles. The molecule has 7 nitrogen and oxygen atoms in total. The highest BCUT2D eigenvalue weighted by atomic mass is 32.2. The number of nitrogens with zero attached hydrogens (tertiary/aromatic N) is 3. The summed E-state index contributed by atoms with van der Waals surface area (Å²) in [7, 11) is -1.46. The standard InChI is InChI=1S/C19H32N4O3S/c1-22-11-13-23(14-12-22)27(25,26)17-8-9-19(21-15-17)20-10-4-6-16-5-2-3-7-18(16)24/h8-9,15-16,18,24H,2-7,10-14H2,1H3,(H,20,21). The molecule has 2 unspecified atom stereocenters. The third kappa shape index (κ3) is 5.40. The smallest absolute Gasteiger partial charge is 0.244 e. The van der Waals surface area contributed by atoms with E-state index in [0.29, 0.717) is 24.8 Å². The number of hydrogen-bond donors (Lipinski definition) is 2. The first-order chi connectivity index (χ1) is 13.0. The van der Waals surface area contributed by atoms with Gasteiger partial charge in [0.05, 0.1) is 6.10 Å². The normalized spacial score (nSPS) is 25.4. The number of pyridine rings is 1. The molecule has 2 heterocycles. The molecule has 0 radical (unpaired) electrons. The van der Waals surface area contributed by atoms with E-state index in [1.807, 2.05) is 7.05 Å². The summed E-state index contributed by atoms with van der Waals surface area (Å²) >= 11 is 0. The van der Waals surface area contributed by atoms with Crippen LogP contribution in [0.15, 0.2) is 23.2 Å². The second kappa shape index (κ2) is 9.32. The largest absolute Gasteiger partial charge is 0.393 e. The maximum Gasteiger partial charge on any atom is 0.244 e. The van der Waals surface area contributed by atoms with Crippen LogP contribution in [0.2, 0.25) is 0 Å². The van der Waals surface area contributed by atoms with E-state index >= 15 is 0 Å². The van der Waals surface area contributed by atoms with Crippen molar-refractivity contribution in [1.82, 2.24) is 14.2 Å². The number of likely N-dealkylation sites (N-methyl/N-ethyl adjacent to an activating group) is 1. The Morgan fingerprint density at radius 1 is 1.19 bits per heavy atom. The van der Waals surface area contributed by atoms with Gasteiger partial charge in [-0.05, 0) is 50.8 Å². The van der Waals surface area contributed by atoms with Crippen LogP contribution in [0.5, 0.6) is 0 Å². The third-order valence-corrected chi connectivity index (χ3v) is 7.65. The number of rotatable bonds is 7. The maximum atomic E-state index is 12.7. The van der Waals surface area contributed by atoms with E-state index in [1.165, 1.54) is 16.9 Å². The molecule has 0 bridgehead atoms. The molecule has 2 fully saturated rings. The lowest BCUT2D eigenvalue weighted by atomic mass is 9.83. The van der Waals surface area contributed by atoms with Crippen LogP contribution in [0, 0.1) is 5.92 Å². The number of aliphatic hydroxyl groups is 1. The highest BCUT2D eigenvalue weighted by Gasteiger charge is 2.27. The summed E-state index contributed by atoms with van der Waals surface area (Å²) < 4.78 is 26.9. The second-order valence-electron chi connectivity index (χ2n) is 7.77. The topological polar surface area (TPSA) is 85.8 Å². The fourth-order valence-electron chi connectivity index (χ4n) is 3.92. The Morgan fingerprint density at radius 2 is 1.93 bits per heavy atom. The van der Waals surface area contributed by atoms with Crippen LogP contribution in [-0.4, -0.2) is 73.6 Å². The Morgan fingerprint density at radius 3 is 2.59 bits per heavy atom. The van der Waals surface area contributed by atoms with E-state index < -0.39 is 10.0 Å². The van der Waals surface area contributed by atoms with Crippen LogP contribution < -0.4 is 5.32 Å². The molecule has 8 heteroatoms. The monoisotopic (exact) mass is 396 g/mol. The van der Waals surface area contributed by atoms with Crippen LogP contribution in [0.1, 0.15) is 38.5 Å². The quantitative estimate of drug-likeness (QED) is 0.683. The molecule has 1 aliphatic carbocycles. The van der Waals surface area contributed by atoms with E-state index in [0.717, 1.165) is 51.7 Å². The van der Waals surface area contributed by atoms with Gasteiger partial charge in [0.15, 0.2) is 0 Å². The molecule has 2 atom stereocenters. The van der Waals surface area contributed by atoms with Crippen molar-refractivity contribution in [3.63, 3.8) is 0 Å². The van der Waals surface area contributed by atoms with Gasteiger partial charge in [0.2, 0.25) is 10.0 Å². The lowest BCUT2D eigenvalue weighted by Gasteiger charge is -2.31. The molecule has 2 N–H and O–H groups in total. The zero-order valence-electron chi connectivity index (χ0n) is 16.2. The number of anilines is 1. The minimum Gasteiger partial charge on any atom is -0.393 e. The number of aliphatic hydroxyl groups excluding tert-OH is 1. The Kier molecular flexibility index (Phi) is 7.08. The van der Waals surface area contributed by atoms with Crippen LogP contribution in [-0.2, 0) is 10.0 Å². The van der Waals surface area contributed by atoms with E-state index in [9.17, 15) is 13.5 Å². The number of aromatic nitrogens is 1. The number of hydrogen-bond acceptors (Lipinski definition) is 6. The van der Waals surface area contributed by atoms with Gasteiger partial charge >= 0.3 is 0 Å². The fraction of sp³-hybridized carbons (Fsp3) is 0.737. The Bertz CT molecular complexity index is 687. The molecule has 1 saturated carbocycles. The minimum atomic E-state index is -3.46. The number of piperazine rings is 1. The predicted molar refractivity (Wildman–Crippen MR) is 106 cm³/mol. The first-order valence-electron chi connectivity index (χ1n) is 10.0. The zero-order chi connectivity index (χ0) is 19.3. The molecule has 1 aromatic heterocycles. The van der Waals surface area contributed by atoms with Crippen LogP contribution in [0.3, 0.4) is 0 Å². The minimum absolute atomic E-state index is 0.143. The maximum absolute atomic E-state index is 12.7. The second-order valence-corrected chi connectivity index (χ2v) is 9.71. The van der Waals surface area contributed by atoms with Crippen molar-refractivity contribution in [2.75, 3.05) is 45.1 Å². The number of sulfonamides is 1. The van der Waals surface area contributed by atoms with Crippen molar-refractivity contribution in [3.8, 4) is 0 Å². The summed E-state index contributed by atoms with van der Waals surface area (Å²) in [6.45, 7) is 3.32. The van der Waals surface area contributed by atoms with Crippen molar-refractivity contribution in [2.24, 2.45) is 5.92 Å². The SMILES string of the molecule is CN1CCN(S(=O)(=O)c2ccc(NCCCC3CCCCC3O)nc2)CC1. The summed E-state index contributed by atoms with van der Waals surface area (Å²) in [6, 6.07) is 3.37. The molecule has 0 aromatic carbocycles. The van der Waals surface area contributed by atoms with Crippen molar-refractivity contribution in [1.29, 1.82) is 0 Å². The van der Waals surface area contributed by atoms with Gasteiger partial charge < -0.3 is 15.3 Å². The highest BCUT2D eigenvalue weighted by Crippen LogP contribution is 2.27. The zero-order valence-corrected chi connectivity index (χ0v) is 17.0. The van der Waals surface area contributed by atoms with Gasteiger partial charge in [-0.1, -0.05) is 12.8 Å². The summed E-state index contributed by atoms with van der Waals surface area (Å²) in [5.74, 6) is 1.11. The van der Waals surface area contributed by atoms with Gasteiger partial charge in [0, 0.05) is 38.9 Å². The van der Waals surface area contributed by atoms with Crippen LogP contribution in [0.25, 0.3) is 0 Å². The molecular weight excluding hydrogens is 364 g/mol. The molecule has 152 valence electrons. The van der Waals surface area contributed by atoms with Gasteiger partial charge in [0.1, 0.15) is 10.7 Å². The molecule has 1 aromatic rings. The van der Waals surface area contributed by atoms with Gasteiger partial charge in [-0.25, -0.2) is 13.4 Å². The summed E-state index contributed by atoms with van der Waals surface area (Å²) in [4.78, 5) is 6.66. The Balaban J connectivity index is 1.47. The first-order valence-corrected chi connectivity index (χ1v) is 11.5. The van der Waals surface area contributed by atoms with E-state index in [4.69, 9.17) is 0 Å². The van der Waals surface area contributed by atoms with Gasteiger partial charge in [-0.15, -0.1) is 0 Å². The first kappa shape index (κ1) is 20.5. The van der Waals surface area contributed by atoms with Crippen molar-refractivity contribution < 1.29 is 13.5 Å². The molecular formula is C19H32N4O3S. The average Bonchev–Trinajstić information content (AvgIpc) is 2.67. The summed E-state index contributed by atoms with van der Waals surface area (Å²) in [5.41, 5.74) is 0. The van der Waals surface area contributed by atoms with E-state index in [-0.39, 0.29) is 11.0 Å². The average molecular weight is 397 g/mol. The van der Waals surface area contributed by atoms with E-state index in [2.05, 4.69) is 15.2 Å². The fourth-order valence-corrected chi connectivity index (χ4v) is 5.29. The van der Waals surface area contributed by atoms with Gasteiger partial charge in [0.25, 0.3) is 0 Å².